The third-order valence-corrected chi connectivity index (χ3v) is 3.81. The lowest BCUT2D eigenvalue weighted by Gasteiger charge is -2.34. The molecule has 6 heteroatoms. The molecule has 0 amide bonds. The first-order valence-corrected chi connectivity index (χ1v) is 6.19. The molecular formula is C11H17ClN4O. The molecule has 0 radical (unpaired) electrons. The third kappa shape index (κ3) is 2.61. The van der Waals surface area contributed by atoms with Crippen LogP contribution >= 0.6 is 11.6 Å². The monoisotopic (exact) mass is 256 g/mol. The molecule has 0 unspecified atom stereocenters. The molecule has 0 aliphatic heterocycles. The summed E-state index contributed by atoms with van der Waals surface area (Å²) in [5.41, 5.74) is 6.22. The molecule has 1 saturated carbocycles. The molecule has 0 spiro atoms. The number of aromatic amines is 1. The highest BCUT2D eigenvalue weighted by molar-refractivity contribution is 6.32. The standard InChI is InChI=1S/C11H17ClN4O/c1-16(8-4-2-7(13)3-5-8)9-6-14-15-11(17)10(9)12/h6-8H,2-5,13H2,1H3,(H,15,17). The number of nitrogens with one attached hydrogen (secondary N) is 1. The molecule has 1 fully saturated rings. The maximum absolute atomic E-state index is 11.4. The van der Waals surface area contributed by atoms with E-state index in [0.29, 0.717) is 17.8 Å². The normalized spacial score (nSPS) is 24.6. The van der Waals surface area contributed by atoms with Gasteiger partial charge < -0.3 is 10.6 Å². The number of hydrogen-bond donors (Lipinski definition) is 2. The maximum atomic E-state index is 11.4. The average molecular weight is 257 g/mol. The van der Waals surface area contributed by atoms with Gasteiger partial charge in [0, 0.05) is 19.1 Å². The first-order chi connectivity index (χ1) is 8.09. The average Bonchev–Trinajstić information content (AvgIpc) is 2.33. The summed E-state index contributed by atoms with van der Waals surface area (Å²) in [6.45, 7) is 0. The van der Waals surface area contributed by atoms with Crippen LogP contribution < -0.4 is 16.2 Å². The van der Waals surface area contributed by atoms with Crippen LogP contribution in [0.4, 0.5) is 5.69 Å². The zero-order valence-electron chi connectivity index (χ0n) is 9.82. The Balaban J connectivity index is 2.17. The predicted molar refractivity (Wildman–Crippen MR) is 68.5 cm³/mol. The van der Waals surface area contributed by atoms with Crippen molar-refractivity contribution in [2.75, 3.05) is 11.9 Å². The Morgan fingerprint density at radius 3 is 2.76 bits per heavy atom. The number of halogens is 1. The van der Waals surface area contributed by atoms with Crippen molar-refractivity contribution >= 4 is 17.3 Å². The maximum Gasteiger partial charge on any atom is 0.285 e. The summed E-state index contributed by atoms with van der Waals surface area (Å²) in [5.74, 6) is 0. The van der Waals surface area contributed by atoms with Crippen molar-refractivity contribution in [1.29, 1.82) is 0 Å². The molecule has 0 atom stereocenters. The van der Waals surface area contributed by atoms with Crippen LogP contribution in [0.25, 0.3) is 0 Å². The van der Waals surface area contributed by atoms with E-state index in [1.54, 1.807) is 6.20 Å². The highest BCUT2D eigenvalue weighted by Crippen LogP contribution is 2.28. The van der Waals surface area contributed by atoms with Crippen molar-refractivity contribution in [3.63, 3.8) is 0 Å². The second-order valence-electron chi connectivity index (χ2n) is 4.58. The van der Waals surface area contributed by atoms with Gasteiger partial charge in [-0.2, -0.15) is 5.10 Å². The first-order valence-electron chi connectivity index (χ1n) is 5.81. The van der Waals surface area contributed by atoms with Gasteiger partial charge in [-0.1, -0.05) is 11.6 Å². The SMILES string of the molecule is CN(c1cn[nH]c(=O)c1Cl)C1CCC(N)CC1. The van der Waals surface area contributed by atoms with Crippen LogP contribution in [0.1, 0.15) is 25.7 Å². The van der Waals surface area contributed by atoms with Crippen LogP contribution in [0.5, 0.6) is 0 Å². The fourth-order valence-corrected chi connectivity index (χ4v) is 2.53. The van der Waals surface area contributed by atoms with Crippen LogP contribution in [0, 0.1) is 0 Å². The minimum absolute atomic E-state index is 0.206. The number of anilines is 1. The number of nitrogens with two attached hydrogens (primary N) is 1. The van der Waals surface area contributed by atoms with E-state index in [4.69, 9.17) is 17.3 Å². The lowest BCUT2D eigenvalue weighted by atomic mass is 9.91. The Bertz CT molecular complexity index is 439. The predicted octanol–water partition coefficient (Wildman–Crippen LogP) is 1.13. The molecule has 0 saturated heterocycles. The molecule has 2 rings (SSSR count). The number of rotatable bonds is 2. The molecule has 94 valence electrons. The van der Waals surface area contributed by atoms with Crippen LogP contribution in [-0.4, -0.2) is 29.3 Å². The number of nitrogens with zero attached hydrogens (tertiary/aromatic N) is 2. The van der Waals surface area contributed by atoms with Gasteiger partial charge >= 0.3 is 0 Å². The smallest absolute Gasteiger partial charge is 0.285 e. The number of hydrogen-bond acceptors (Lipinski definition) is 4. The van der Waals surface area contributed by atoms with Crippen molar-refractivity contribution in [3.8, 4) is 0 Å². The van der Waals surface area contributed by atoms with E-state index in [2.05, 4.69) is 10.2 Å². The van der Waals surface area contributed by atoms with Crippen molar-refractivity contribution in [1.82, 2.24) is 10.2 Å². The van der Waals surface area contributed by atoms with Crippen molar-refractivity contribution < 1.29 is 0 Å². The van der Waals surface area contributed by atoms with Gasteiger partial charge in [0.25, 0.3) is 5.56 Å². The molecule has 3 N–H and O–H groups in total. The zero-order valence-corrected chi connectivity index (χ0v) is 10.6. The Labute approximate surface area is 105 Å². The van der Waals surface area contributed by atoms with Crippen molar-refractivity contribution in [2.24, 2.45) is 5.73 Å². The van der Waals surface area contributed by atoms with Gasteiger partial charge in [-0.25, -0.2) is 5.10 Å². The summed E-state index contributed by atoms with van der Waals surface area (Å²) in [5, 5.41) is 6.31. The molecule has 1 heterocycles. The molecular weight excluding hydrogens is 240 g/mol. The topological polar surface area (TPSA) is 75.0 Å². The van der Waals surface area contributed by atoms with Crippen LogP contribution in [0.2, 0.25) is 5.02 Å². The molecule has 0 aromatic carbocycles. The number of H-pyrrole nitrogens is 1. The van der Waals surface area contributed by atoms with Crippen LogP contribution in [0.3, 0.4) is 0 Å². The largest absolute Gasteiger partial charge is 0.369 e. The van der Waals surface area contributed by atoms with Crippen LogP contribution in [-0.2, 0) is 0 Å². The summed E-state index contributed by atoms with van der Waals surface area (Å²) < 4.78 is 0. The molecule has 1 aliphatic rings. The van der Waals surface area contributed by atoms with Gasteiger partial charge in [-0.3, -0.25) is 4.79 Å². The highest BCUT2D eigenvalue weighted by atomic mass is 35.5. The minimum atomic E-state index is -0.344. The highest BCUT2D eigenvalue weighted by Gasteiger charge is 2.24. The van der Waals surface area contributed by atoms with Gasteiger partial charge in [-0.05, 0) is 25.7 Å². The summed E-state index contributed by atoms with van der Waals surface area (Å²) in [7, 11) is 1.95. The lowest BCUT2D eigenvalue weighted by Crippen LogP contribution is -2.39. The van der Waals surface area contributed by atoms with Crippen molar-refractivity contribution in [2.45, 2.75) is 37.8 Å². The molecule has 0 bridgehead atoms. The van der Waals surface area contributed by atoms with E-state index < -0.39 is 0 Å². The summed E-state index contributed by atoms with van der Waals surface area (Å²) in [6, 6.07) is 0.698. The second kappa shape index (κ2) is 5.06. The fraction of sp³-hybridized carbons (Fsp3) is 0.636. The summed E-state index contributed by atoms with van der Waals surface area (Å²) >= 11 is 5.99. The fourth-order valence-electron chi connectivity index (χ4n) is 2.31. The van der Waals surface area contributed by atoms with Crippen LogP contribution in [0.15, 0.2) is 11.0 Å². The van der Waals surface area contributed by atoms with E-state index in [1.165, 1.54) is 0 Å². The lowest BCUT2D eigenvalue weighted by molar-refractivity contribution is 0.385. The molecule has 1 aromatic rings. The van der Waals surface area contributed by atoms with Gasteiger partial charge in [0.05, 0.1) is 11.9 Å². The Morgan fingerprint density at radius 1 is 1.47 bits per heavy atom. The van der Waals surface area contributed by atoms with E-state index in [0.717, 1.165) is 25.7 Å². The Morgan fingerprint density at radius 2 is 2.12 bits per heavy atom. The van der Waals surface area contributed by atoms with Gasteiger partial charge in [-0.15, -0.1) is 0 Å². The molecule has 1 aliphatic carbocycles. The molecule has 17 heavy (non-hydrogen) atoms. The van der Waals surface area contributed by atoms with E-state index in [-0.39, 0.29) is 10.6 Å². The molecule has 1 aromatic heterocycles. The van der Waals surface area contributed by atoms with E-state index in [9.17, 15) is 4.79 Å². The van der Waals surface area contributed by atoms with Crippen molar-refractivity contribution in [3.05, 3.63) is 21.6 Å². The first kappa shape index (κ1) is 12.4. The Hall–Kier alpha value is -1.07. The van der Waals surface area contributed by atoms with Gasteiger partial charge in [0.15, 0.2) is 0 Å². The van der Waals surface area contributed by atoms with E-state index in [1.807, 2.05) is 11.9 Å². The number of aromatic nitrogens is 2. The minimum Gasteiger partial charge on any atom is -0.369 e. The van der Waals surface area contributed by atoms with Gasteiger partial charge in [0.1, 0.15) is 5.02 Å². The summed E-state index contributed by atoms with van der Waals surface area (Å²) in [6.07, 6.45) is 5.69. The Kier molecular flexibility index (Phi) is 3.69. The van der Waals surface area contributed by atoms with Gasteiger partial charge in [0.2, 0.25) is 0 Å². The molecule has 5 nitrogen and oxygen atoms in total. The second-order valence-corrected chi connectivity index (χ2v) is 4.96. The summed E-state index contributed by atoms with van der Waals surface area (Å²) in [4.78, 5) is 13.4. The third-order valence-electron chi connectivity index (χ3n) is 3.45. The van der Waals surface area contributed by atoms with E-state index >= 15 is 0 Å². The quantitative estimate of drug-likeness (QED) is 0.832. The zero-order chi connectivity index (χ0) is 12.4.